The van der Waals surface area contributed by atoms with Crippen LogP contribution in [0.2, 0.25) is 5.02 Å². The Kier molecular flexibility index (Phi) is 4.22. The highest BCUT2D eigenvalue weighted by Gasteiger charge is 2.08. The molecule has 0 atom stereocenters. The summed E-state index contributed by atoms with van der Waals surface area (Å²) in [4.78, 5) is 0. The van der Waals surface area contributed by atoms with E-state index in [1.807, 2.05) is 0 Å². The van der Waals surface area contributed by atoms with Gasteiger partial charge in [-0.15, -0.1) is 0 Å². The van der Waals surface area contributed by atoms with E-state index >= 15 is 0 Å². The Bertz CT molecular complexity index is 575. The van der Waals surface area contributed by atoms with Gasteiger partial charge < -0.3 is 9.84 Å². The van der Waals surface area contributed by atoms with Crippen LogP contribution >= 0.6 is 27.5 Å². The zero-order valence-electron chi connectivity index (χ0n) is 9.16. The summed E-state index contributed by atoms with van der Waals surface area (Å²) in [5, 5.41) is 9.42. The minimum Gasteiger partial charge on any atom is -0.455 e. The minimum absolute atomic E-state index is 0.159. The zero-order valence-corrected chi connectivity index (χ0v) is 11.5. The normalized spacial score (nSPS) is 10.4. The Hall–Kier alpha value is -1.10. The zero-order chi connectivity index (χ0) is 13.1. The highest BCUT2D eigenvalue weighted by Crippen LogP contribution is 2.32. The van der Waals surface area contributed by atoms with E-state index in [4.69, 9.17) is 16.3 Å². The molecule has 2 rings (SSSR count). The van der Waals surface area contributed by atoms with Gasteiger partial charge in [0.25, 0.3) is 0 Å². The second-order valence-electron chi connectivity index (χ2n) is 3.59. The lowest BCUT2D eigenvalue weighted by atomic mass is 10.2. The molecule has 18 heavy (non-hydrogen) atoms. The van der Waals surface area contributed by atoms with Gasteiger partial charge in [0.2, 0.25) is 0 Å². The minimum atomic E-state index is -0.425. The lowest BCUT2D eigenvalue weighted by Gasteiger charge is -2.11. The first-order valence-corrected chi connectivity index (χ1v) is 6.29. The van der Waals surface area contributed by atoms with Gasteiger partial charge in [0.05, 0.1) is 11.6 Å². The van der Waals surface area contributed by atoms with Crippen LogP contribution < -0.4 is 4.74 Å². The van der Waals surface area contributed by atoms with E-state index in [2.05, 4.69) is 15.9 Å². The molecule has 0 aliphatic heterocycles. The fourth-order valence-corrected chi connectivity index (χ4v) is 2.06. The van der Waals surface area contributed by atoms with Crippen molar-refractivity contribution in [3.63, 3.8) is 0 Å². The van der Waals surface area contributed by atoms with E-state index in [1.165, 1.54) is 18.2 Å². The number of hydrogen-bond acceptors (Lipinski definition) is 2. The molecule has 0 aromatic heterocycles. The van der Waals surface area contributed by atoms with Crippen LogP contribution in [0.25, 0.3) is 0 Å². The van der Waals surface area contributed by atoms with Crippen molar-refractivity contribution in [3.05, 3.63) is 57.3 Å². The molecule has 0 radical (unpaired) electrons. The number of rotatable bonds is 3. The Morgan fingerprint density at radius 1 is 1.17 bits per heavy atom. The molecule has 2 aromatic rings. The number of halogens is 3. The summed E-state index contributed by atoms with van der Waals surface area (Å²) in [6.45, 7) is -0.159. The van der Waals surface area contributed by atoms with E-state index in [0.717, 1.165) is 4.47 Å². The second kappa shape index (κ2) is 5.69. The molecule has 0 spiro atoms. The molecule has 0 unspecified atom stereocenters. The van der Waals surface area contributed by atoms with Gasteiger partial charge in [-0.1, -0.05) is 27.5 Å². The summed E-state index contributed by atoms with van der Waals surface area (Å²) >= 11 is 9.17. The first kappa shape index (κ1) is 13.3. The first-order chi connectivity index (χ1) is 8.60. The fraction of sp³-hybridized carbons (Fsp3) is 0.0769. The van der Waals surface area contributed by atoms with Crippen LogP contribution in [0.5, 0.6) is 11.5 Å². The quantitative estimate of drug-likeness (QED) is 0.895. The molecule has 2 nitrogen and oxygen atoms in total. The molecule has 0 amide bonds. The fourth-order valence-electron chi connectivity index (χ4n) is 1.45. The number of ether oxygens (including phenoxy) is 1. The molecular weight excluding hydrogens is 322 g/mol. The van der Waals surface area contributed by atoms with E-state index in [9.17, 15) is 9.50 Å². The van der Waals surface area contributed by atoms with Crippen molar-refractivity contribution in [2.75, 3.05) is 0 Å². The Morgan fingerprint density at radius 2 is 1.89 bits per heavy atom. The summed E-state index contributed by atoms with van der Waals surface area (Å²) < 4.78 is 19.3. The lowest BCUT2D eigenvalue weighted by molar-refractivity contribution is 0.276. The maximum atomic E-state index is 12.9. The maximum absolute atomic E-state index is 12.9. The van der Waals surface area contributed by atoms with Crippen LogP contribution in [0.1, 0.15) is 5.56 Å². The van der Waals surface area contributed by atoms with Crippen molar-refractivity contribution in [1.82, 2.24) is 0 Å². The number of benzene rings is 2. The Morgan fingerprint density at radius 3 is 2.56 bits per heavy atom. The predicted octanol–water partition coefficient (Wildman–Crippen LogP) is 4.53. The third-order valence-corrected chi connectivity index (χ3v) is 3.10. The van der Waals surface area contributed by atoms with Gasteiger partial charge in [-0.2, -0.15) is 0 Å². The standard InChI is InChI=1S/C13H9BrClFO2/c14-9-1-3-12(8(5-9)7-17)18-13-4-2-10(16)6-11(13)15/h1-6,17H,7H2. The monoisotopic (exact) mass is 330 g/mol. The summed E-state index contributed by atoms with van der Waals surface area (Å²) in [6, 6.07) is 9.11. The van der Waals surface area contributed by atoms with Crippen LogP contribution in [-0.4, -0.2) is 5.11 Å². The molecule has 2 aromatic carbocycles. The third-order valence-electron chi connectivity index (χ3n) is 2.31. The predicted molar refractivity (Wildman–Crippen MR) is 71.5 cm³/mol. The molecule has 1 N–H and O–H groups in total. The van der Waals surface area contributed by atoms with Gasteiger partial charge in [-0.3, -0.25) is 0 Å². The highest BCUT2D eigenvalue weighted by molar-refractivity contribution is 9.10. The van der Waals surface area contributed by atoms with Crippen LogP contribution in [0.4, 0.5) is 4.39 Å². The van der Waals surface area contributed by atoms with Crippen LogP contribution in [-0.2, 0) is 6.61 Å². The number of aliphatic hydroxyl groups excluding tert-OH is 1. The van der Waals surface area contributed by atoms with Gasteiger partial charge in [-0.25, -0.2) is 4.39 Å². The largest absolute Gasteiger partial charge is 0.455 e. The average Bonchev–Trinajstić information content (AvgIpc) is 2.34. The Labute approximate surface area is 117 Å². The summed E-state index contributed by atoms with van der Waals surface area (Å²) in [7, 11) is 0. The van der Waals surface area contributed by atoms with Crippen LogP contribution in [0, 0.1) is 5.82 Å². The SMILES string of the molecule is OCc1cc(Br)ccc1Oc1ccc(F)cc1Cl. The number of aliphatic hydroxyl groups is 1. The van der Waals surface area contributed by atoms with Crippen molar-refractivity contribution in [3.8, 4) is 11.5 Å². The molecule has 0 saturated heterocycles. The van der Waals surface area contributed by atoms with Crippen LogP contribution in [0.3, 0.4) is 0 Å². The Balaban J connectivity index is 2.33. The summed E-state index contributed by atoms with van der Waals surface area (Å²) in [6.07, 6.45) is 0. The molecule has 94 valence electrons. The van der Waals surface area contributed by atoms with Crippen molar-refractivity contribution in [1.29, 1.82) is 0 Å². The maximum Gasteiger partial charge on any atom is 0.146 e. The van der Waals surface area contributed by atoms with E-state index in [0.29, 0.717) is 17.1 Å². The van der Waals surface area contributed by atoms with Crippen molar-refractivity contribution < 1.29 is 14.2 Å². The molecule has 0 aliphatic carbocycles. The van der Waals surface area contributed by atoms with Crippen molar-refractivity contribution in [2.24, 2.45) is 0 Å². The van der Waals surface area contributed by atoms with Gasteiger partial charge >= 0.3 is 0 Å². The summed E-state index contributed by atoms with van der Waals surface area (Å²) in [5.74, 6) is 0.398. The molecule has 0 saturated carbocycles. The van der Waals surface area contributed by atoms with Gasteiger partial charge in [0, 0.05) is 10.0 Å². The summed E-state index contributed by atoms with van der Waals surface area (Å²) in [5.41, 5.74) is 0.616. The molecular formula is C13H9BrClFO2. The molecule has 0 heterocycles. The van der Waals surface area contributed by atoms with E-state index < -0.39 is 5.82 Å². The van der Waals surface area contributed by atoms with Gasteiger partial charge in [-0.05, 0) is 36.4 Å². The smallest absolute Gasteiger partial charge is 0.146 e. The first-order valence-electron chi connectivity index (χ1n) is 5.12. The second-order valence-corrected chi connectivity index (χ2v) is 4.91. The average molecular weight is 332 g/mol. The van der Waals surface area contributed by atoms with Crippen molar-refractivity contribution >= 4 is 27.5 Å². The molecule has 5 heteroatoms. The van der Waals surface area contributed by atoms with Crippen molar-refractivity contribution in [2.45, 2.75) is 6.61 Å². The van der Waals surface area contributed by atoms with Gasteiger partial charge in [0.15, 0.2) is 0 Å². The van der Waals surface area contributed by atoms with Crippen LogP contribution in [0.15, 0.2) is 40.9 Å². The molecule has 0 bridgehead atoms. The van der Waals surface area contributed by atoms with E-state index in [1.54, 1.807) is 18.2 Å². The van der Waals surface area contributed by atoms with E-state index in [-0.39, 0.29) is 11.6 Å². The molecule has 0 fully saturated rings. The third kappa shape index (κ3) is 3.02. The molecule has 0 aliphatic rings. The number of hydrogen-bond donors (Lipinski definition) is 1. The lowest BCUT2D eigenvalue weighted by Crippen LogP contribution is -1.92. The highest BCUT2D eigenvalue weighted by atomic mass is 79.9. The van der Waals surface area contributed by atoms with Gasteiger partial charge in [0.1, 0.15) is 17.3 Å². The topological polar surface area (TPSA) is 29.5 Å².